The van der Waals surface area contributed by atoms with Crippen molar-refractivity contribution in [3.63, 3.8) is 0 Å². The third kappa shape index (κ3) is 5.12. The number of carbonyl (C=O) groups excluding carboxylic acids is 1. The highest BCUT2D eigenvalue weighted by Gasteiger charge is 2.51. The first-order valence-corrected chi connectivity index (χ1v) is 11.9. The molecule has 2 atom stereocenters. The number of likely N-dealkylation sites (tertiary alicyclic amines) is 1. The molecule has 8 heteroatoms. The van der Waals surface area contributed by atoms with Gasteiger partial charge in [0, 0.05) is 29.9 Å². The van der Waals surface area contributed by atoms with E-state index in [0.29, 0.717) is 25.9 Å². The SMILES string of the molecule is COc1cc2c(cc1F)[C@@H](N[S@+]([O-])C(C)(C)C)C1(CCN(C(=O)OC(C)(C)C)CC1)C2. The van der Waals surface area contributed by atoms with Crippen LogP contribution in [0, 0.1) is 11.2 Å². The molecule has 6 nitrogen and oxygen atoms in total. The molecule has 1 N–H and O–H groups in total. The average molecular weight is 455 g/mol. The number of hydrogen-bond donors (Lipinski definition) is 1. The van der Waals surface area contributed by atoms with Gasteiger partial charge in [0.15, 0.2) is 11.6 Å². The summed E-state index contributed by atoms with van der Waals surface area (Å²) in [4.78, 5) is 14.3. The topological polar surface area (TPSA) is 73.9 Å². The monoisotopic (exact) mass is 454 g/mol. The number of carbonyl (C=O) groups is 1. The van der Waals surface area contributed by atoms with E-state index in [0.717, 1.165) is 17.5 Å². The summed E-state index contributed by atoms with van der Waals surface area (Å²) < 4.78 is 41.1. The molecular formula is C23H35FN2O4S. The van der Waals surface area contributed by atoms with Gasteiger partial charge in [-0.15, -0.1) is 4.72 Å². The van der Waals surface area contributed by atoms with Gasteiger partial charge in [0.2, 0.25) is 0 Å². The van der Waals surface area contributed by atoms with Crippen molar-refractivity contribution in [3.8, 4) is 5.75 Å². The van der Waals surface area contributed by atoms with E-state index >= 15 is 0 Å². The molecule has 1 fully saturated rings. The number of nitrogens with one attached hydrogen (secondary N) is 1. The van der Waals surface area contributed by atoms with Crippen LogP contribution in [0.3, 0.4) is 0 Å². The Hall–Kier alpha value is -1.51. The smallest absolute Gasteiger partial charge is 0.410 e. The van der Waals surface area contributed by atoms with E-state index in [9.17, 15) is 13.7 Å². The lowest BCUT2D eigenvalue weighted by Crippen LogP contribution is -2.51. The maximum absolute atomic E-state index is 14.6. The molecule has 0 radical (unpaired) electrons. The first-order valence-electron chi connectivity index (χ1n) is 10.8. The lowest BCUT2D eigenvalue weighted by Gasteiger charge is -2.43. The fourth-order valence-corrected chi connectivity index (χ4v) is 5.34. The first-order chi connectivity index (χ1) is 14.3. The maximum atomic E-state index is 14.6. The standard InChI is InChI=1S/C23H35FN2O4S/c1-21(2,3)30-20(27)26-10-8-23(9-11-26)14-15-12-18(29-7)17(24)13-16(15)19(23)25-31(28)22(4,5)6/h12-13,19,25H,8-11,14H2,1-7H3/t19-,31-/m1/s1. The number of methoxy groups -OCH3 is 1. The molecule has 0 saturated carbocycles. The Kier molecular flexibility index (Phi) is 6.58. The van der Waals surface area contributed by atoms with Crippen molar-refractivity contribution in [2.24, 2.45) is 5.41 Å². The fourth-order valence-electron chi connectivity index (χ4n) is 4.40. The summed E-state index contributed by atoms with van der Waals surface area (Å²) >= 11 is -1.32. The predicted octanol–water partition coefficient (Wildman–Crippen LogP) is 4.50. The Morgan fingerprint density at radius 2 is 1.84 bits per heavy atom. The Labute approximate surface area is 188 Å². The Morgan fingerprint density at radius 1 is 1.23 bits per heavy atom. The Morgan fingerprint density at radius 3 is 2.35 bits per heavy atom. The van der Waals surface area contributed by atoms with Crippen molar-refractivity contribution in [2.75, 3.05) is 20.2 Å². The van der Waals surface area contributed by atoms with Crippen molar-refractivity contribution in [1.82, 2.24) is 9.62 Å². The van der Waals surface area contributed by atoms with Gasteiger partial charge in [-0.3, -0.25) is 0 Å². The van der Waals surface area contributed by atoms with Crippen molar-refractivity contribution >= 4 is 17.5 Å². The minimum atomic E-state index is -1.32. The lowest BCUT2D eigenvalue weighted by molar-refractivity contribution is 0.00716. The molecule has 0 unspecified atom stereocenters. The molecule has 1 aliphatic heterocycles. The van der Waals surface area contributed by atoms with Crippen LogP contribution in [0.5, 0.6) is 5.75 Å². The summed E-state index contributed by atoms with van der Waals surface area (Å²) in [7, 11) is 1.46. The minimum Gasteiger partial charge on any atom is -0.598 e. The Balaban J connectivity index is 1.87. The molecule has 0 bridgehead atoms. The molecule has 1 aromatic rings. The van der Waals surface area contributed by atoms with Crippen molar-refractivity contribution in [2.45, 2.75) is 77.2 Å². The van der Waals surface area contributed by atoms with E-state index in [2.05, 4.69) is 4.72 Å². The zero-order valence-corrected chi connectivity index (χ0v) is 20.5. The quantitative estimate of drug-likeness (QED) is 0.681. The zero-order chi connectivity index (χ0) is 23.2. The molecule has 1 heterocycles. The van der Waals surface area contributed by atoms with Gasteiger partial charge in [0.25, 0.3) is 0 Å². The highest BCUT2D eigenvalue weighted by atomic mass is 32.2. The number of ether oxygens (including phenoxy) is 2. The molecule has 174 valence electrons. The summed E-state index contributed by atoms with van der Waals surface area (Å²) in [6, 6.07) is 3.01. The second kappa shape index (κ2) is 8.45. The molecule has 31 heavy (non-hydrogen) atoms. The number of benzene rings is 1. The highest BCUT2D eigenvalue weighted by molar-refractivity contribution is 7.90. The third-order valence-corrected chi connectivity index (χ3v) is 7.63. The van der Waals surface area contributed by atoms with Crippen LogP contribution in [0.15, 0.2) is 12.1 Å². The van der Waals surface area contributed by atoms with Crippen LogP contribution in [0.4, 0.5) is 9.18 Å². The number of piperidine rings is 1. The molecule has 2 aliphatic rings. The van der Waals surface area contributed by atoms with Crippen LogP contribution in [0.1, 0.15) is 71.6 Å². The number of hydrogen-bond acceptors (Lipinski definition) is 5. The van der Waals surface area contributed by atoms with E-state index in [1.807, 2.05) is 41.5 Å². The van der Waals surface area contributed by atoms with Gasteiger partial charge in [-0.1, -0.05) is 0 Å². The maximum Gasteiger partial charge on any atom is 0.410 e. The average Bonchev–Trinajstić information content (AvgIpc) is 2.91. The van der Waals surface area contributed by atoms with Gasteiger partial charge < -0.3 is 18.9 Å². The number of rotatable bonds is 3. The normalized spacial score (nSPS) is 21.7. The van der Waals surface area contributed by atoms with Crippen LogP contribution >= 0.6 is 0 Å². The van der Waals surface area contributed by atoms with Gasteiger partial charge in [-0.25, -0.2) is 9.18 Å². The van der Waals surface area contributed by atoms with Crippen LogP contribution in [0.2, 0.25) is 0 Å². The minimum absolute atomic E-state index is 0.220. The van der Waals surface area contributed by atoms with E-state index in [-0.39, 0.29) is 23.3 Å². The van der Waals surface area contributed by atoms with Crippen LogP contribution < -0.4 is 9.46 Å². The third-order valence-electron chi connectivity index (χ3n) is 6.07. The van der Waals surface area contributed by atoms with Gasteiger partial charge in [0.1, 0.15) is 10.3 Å². The molecular weight excluding hydrogens is 419 g/mol. The van der Waals surface area contributed by atoms with E-state index in [1.54, 1.807) is 11.0 Å². The van der Waals surface area contributed by atoms with Crippen LogP contribution in [0.25, 0.3) is 0 Å². The Bertz CT molecular complexity index is 826. The molecule has 1 saturated heterocycles. The largest absolute Gasteiger partial charge is 0.598 e. The van der Waals surface area contributed by atoms with Gasteiger partial charge in [0.05, 0.1) is 13.2 Å². The summed E-state index contributed by atoms with van der Waals surface area (Å²) in [6.07, 6.45) is 1.83. The molecule has 3 rings (SSSR count). The van der Waals surface area contributed by atoms with Crippen LogP contribution in [-0.2, 0) is 22.5 Å². The van der Waals surface area contributed by atoms with Gasteiger partial charge >= 0.3 is 6.09 Å². The van der Waals surface area contributed by atoms with Crippen molar-refractivity contribution < 1.29 is 23.2 Å². The fraction of sp³-hybridized carbons (Fsp3) is 0.696. The molecule has 0 aromatic heterocycles. The summed E-state index contributed by atoms with van der Waals surface area (Å²) in [5.74, 6) is -0.199. The molecule has 1 aliphatic carbocycles. The van der Waals surface area contributed by atoms with E-state index in [1.165, 1.54) is 13.2 Å². The number of fused-ring (bicyclic) bond motifs is 1. The lowest BCUT2D eigenvalue weighted by atomic mass is 9.73. The first kappa shape index (κ1) is 24.1. The van der Waals surface area contributed by atoms with Gasteiger partial charge in [-0.05, 0) is 84.1 Å². The van der Waals surface area contributed by atoms with E-state index in [4.69, 9.17) is 9.47 Å². The highest BCUT2D eigenvalue weighted by Crippen LogP contribution is 2.53. The second-order valence-corrected chi connectivity index (χ2v) is 12.6. The summed E-state index contributed by atoms with van der Waals surface area (Å²) in [5, 5.41) is 0. The second-order valence-electron chi connectivity index (χ2n) is 10.6. The molecule has 1 spiro atoms. The molecule has 1 amide bonds. The van der Waals surface area contributed by atoms with Crippen molar-refractivity contribution in [1.29, 1.82) is 0 Å². The zero-order valence-electron chi connectivity index (χ0n) is 19.6. The number of nitrogens with zero attached hydrogens (tertiary/aromatic N) is 1. The molecule has 1 aromatic carbocycles. The summed E-state index contributed by atoms with van der Waals surface area (Å²) in [6.45, 7) is 12.4. The van der Waals surface area contributed by atoms with E-state index < -0.39 is 27.5 Å². The summed E-state index contributed by atoms with van der Waals surface area (Å²) in [5.41, 5.74) is 1.05. The van der Waals surface area contributed by atoms with Crippen LogP contribution in [-0.4, -0.2) is 46.1 Å². The predicted molar refractivity (Wildman–Crippen MR) is 120 cm³/mol. The number of halogens is 1. The number of amides is 1. The van der Waals surface area contributed by atoms with Gasteiger partial charge in [-0.2, -0.15) is 0 Å². The van der Waals surface area contributed by atoms with Crippen molar-refractivity contribution in [3.05, 3.63) is 29.1 Å².